The average molecular weight is 519 g/mol. The van der Waals surface area contributed by atoms with E-state index < -0.39 is 51.5 Å². The highest BCUT2D eigenvalue weighted by Gasteiger charge is 2.58. The van der Waals surface area contributed by atoms with Crippen molar-refractivity contribution in [1.82, 2.24) is 9.47 Å². The lowest BCUT2D eigenvalue weighted by Crippen LogP contribution is -2.41. The molecule has 2 aliphatic heterocycles. The summed E-state index contributed by atoms with van der Waals surface area (Å²) in [5, 5.41) is 3.86. The number of fused-ring (bicyclic) bond motifs is 2. The number of primary amides is 1. The number of carbonyl (C=O) groups is 4. The predicted octanol–water partition coefficient (Wildman–Crippen LogP) is 2.42. The molecule has 1 aromatic carbocycles. The lowest BCUT2D eigenvalue weighted by atomic mass is 9.87. The van der Waals surface area contributed by atoms with Gasteiger partial charge in [0.15, 0.2) is 0 Å². The number of thiazole rings is 1. The minimum atomic E-state index is -1.14. The van der Waals surface area contributed by atoms with Crippen LogP contribution in [0.4, 0.5) is 14.9 Å². The van der Waals surface area contributed by atoms with E-state index in [0.717, 1.165) is 28.0 Å². The van der Waals surface area contributed by atoms with Gasteiger partial charge in [0.1, 0.15) is 17.6 Å². The first-order valence-electron chi connectivity index (χ1n) is 9.92. The number of likely N-dealkylation sites (tertiary alicyclic amines) is 1. The number of hydrogen-bond acceptors (Lipinski definition) is 8. The number of anilines is 1. The number of nitrogens with zero attached hydrogens (tertiary/aromatic N) is 2. The van der Waals surface area contributed by atoms with Gasteiger partial charge < -0.3 is 11.1 Å². The maximum Gasteiger partial charge on any atom is 0.328 e. The van der Waals surface area contributed by atoms with Gasteiger partial charge in [-0.2, -0.15) is 4.90 Å². The normalized spacial score (nSPS) is 21.3. The maximum atomic E-state index is 13.1. The van der Waals surface area contributed by atoms with E-state index in [0.29, 0.717) is 20.5 Å². The van der Waals surface area contributed by atoms with Crippen molar-refractivity contribution in [1.29, 1.82) is 0 Å². The molecule has 3 N–H and O–H groups in total. The molecule has 0 bridgehead atoms. The summed E-state index contributed by atoms with van der Waals surface area (Å²) in [5.41, 5.74) is 5.65. The van der Waals surface area contributed by atoms with Gasteiger partial charge in [0.25, 0.3) is 5.91 Å². The number of thioether (sulfide) groups is 1. The van der Waals surface area contributed by atoms with Crippen LogP contribution in [0.2, 0.25) is 0 Å². The third-order valence-corrected chi connectivity index (χ3v) is 9.11. The predicted molar refractivity (Wildman–Crippen MR) is 124 cm³/mol. The van der Waals surface area contributed by atoms with E-state index in [1.165, 1.54) is 40.2 Å². The number of urea groups is 1. The molecule has 5 amide bonds. The number of amides is 5. The highest BCUT2D eigenvalue weighted by molar-refractivity contribution is 8.00. The zero-order valence-corrected chi connectivity index (χ0v) is 19.5. The smallest absolute Gasteiger partial charge is 0.328 e. The number of imide groups is 3. The van der Waals surface area contributed by atoms with Crippen LogP contribution in [0.15, 0.2) is 51.6 Å². The molecule has 1 fully saturated rings. The topological polar surface area (TPSA) is 132 Å². The summed E-state index contributed by atoms with van der Waals surface area (Å²) < 4.78 is 14.4. The van der Waals surface area contributed by atoms with E-state index in [9.17, 15) is 28.4 Å². The molecular formula is C21H15FN4O5S3. The van der Waals surface area contributed by atoms with Gasteiger partial charge in [-0.3, -0.25) is 23.7 Å². The summed E-state index contributed by atoms with van der Waals surface area (Å²) in [4.78, 5) is 64.6. The standard InChI is InChI=1S/C21H15FN4O5S3/c22-9-3-5-10(6-4-9)24-12(27)8-25-19-16(34-21(25)31)13(11-2-1-7-32-11)14-15(33-19)18(29)26(17(14)28)20(23)30/h1-7,13-15H,8H2,(H2,23,30)(H,24,27). The van der Waals surface area contributed by atoms with E-state index in [1.54, 1.807) is 12.1 Å². The number of carbonyl (C=O) groups excluding carboxylic acids is 4. The first-order valence-corrected chi connectivity index (χ1v) is 12.5. The van der Waals surface area contributed by atoms with Crippen LogP contribution in [0.1, 0.15) is 15.7 Å². The molecule has 13 heteroatoms. The number of nitrogens with two attached hydrogens (primary N) is 1. The number of benzene rings is 1. The van der Waals surface area contributed by atoms with Crippen LogP contribution in [0.25, 0.3) is 0 Å². The van der Waals surface area contributed by atoms with E-state index in [4.69, 9.17) is 5.73 Å². The molecule has 174 valence electrons. The van der Waals surface area contributed by atoms with Crippen molar-refractivity contribution in [3.63, 3.8) is 0 Å². The molecule has 0 spiro atoms. The van der Waals surface area contributed by atoms with Gasteiger partial charge in [-0.05, 0) is 35.7 Å². The Morgan fingerprint density at radius 1 is 1.09 bits per heavy atom. The summed E-state index contributed by atoms with van der Waals surface area (Å²) in [7, 11) is 0. The molecule has 3 unspecified atom stereocenters. The number of nitrogens with one attached hydrogen (secondary N) is 1. The lowest BCUT2D eigenvalue weighted by molar-refractivity contribution is -0.135. The Morgan fingerprint density at radius 2 is 1.82 bits per heavy atom. The van der Waals surface area contributed by atoms with Crippen molar-refractivity contribution in [3.8, 4) is 0 Å². The quantitative estimate of drug-likeness (QED) is 0.510. The fourth-order valence-corrected chi connectivity index (χ4v) is 7.85. The van der Waals surface area contributed by atoms with Gasteiger partial charge in [0.2, 0.25) is 11.8 Å². The zero-order valence-electron chi connectivity index (χ0n) is 17.1. The highest BCUT2D eigenvalue weighted by atomic mass is 32.2. The number of hydrogen-bond donors (Lipinski definition) is 2. The number of rotatable bonds is 4. The van der Waals surface area contributed by atoms with Crippen LogP contribution in [-0.4, -0.2) is 38.5 Å². The highest BCUT2D eigenvalue weighted by Crippen LogP contribution is 2.53. The molecule has 2 aromatic heterocycles. The van der Waals surface area contributed by atoms with E-state index in [2.05, 4.69) is 5.32 Å². The molecule has 5 rings (SSSR count). The monoisotopic (exact) mass is 518 g/mol. The molecular weight excluding hydrogens is 503 g/mol. The Balaban J connectivity index is 1.53. The minimum absolute atomic E-state index is 0.342. The van der Waals surface area contributed by atoms with Crippen LogP contribution >= 0.6 is 34.4 Å². The fraction of sp³-hybridized carbons (Fsp3) is 0.190. The Kier molecular flexibility index (Phi) is 5.62. The Morgan fingerprint density at radius 3 is 2.47 bits per heavy atom. The molecule has 0 radical (unpaired) electrons. The molecule has 3 atom stereocenters. The summed E-state index contributed by atoms with van der Waals surface area (Å²) in [6, 6.07) is 7.63. The summed E-state index contributed by atoms with van der Waals surface area (Å²) in [6.07, 6.45) is 0. The molecule has 3 aromatic rings. The largest absolute Gasteiger partial charge is 0.351 e. The second kappa shape index (κ2) is 8.49. The zero-order chi connectivity index (χ0) is 24.1. The maximum absolute atomic E-state index is 13.1. The number of halogens is 1. The molecule has 4 heterocycles. The molecule has 0 aliphatic carbocycles. The molecule has 34 heavy (non-hydrogen) atoms. The van der Waals surface area contributed by atoms with Crippen molar-refractivity contribution in [3.05, 3.63) is 67.0 Å². The summed E-state index contributed by atoms with van der Waals surface area (Å²) in [5.74, 6) is -3.91. The number of thiophene rings is 1. The third-order valence-electron chi connectivity index (χ3n) is 5.55. The van der Waals surface area contributed by atoms with Gasteiger partial charge in [0.05, 0.1) is 10.9 Å². The summed E-state index contributed by atoms with van der Waals surface area (Å²) >= 11 is 3.25. The molecule has 2 aliphatic rings. The second-order valence-electron chi connectivity index (χ2n) is 7.59. The van der Waals surface area contributed by atoms with Crippen LogP contribution in [0, 0.1) is 11.7 Å². The molecule has 0 saturated carbocycles. The van der Waals surface area contributed by atoms with Gasteiger partial charge in [0, 0.05) is 21.4 Å². The van der Waals surface area contributed by atoms with Crippen molar-refractivity contribution in [2.75, 3.05) is 5.32 Å². The number of aromatic nitrogens is 1. The van der Waals surface area contributed by atoms with Crippen LogP contribution in [0.5, 0.6) is 0 Å². The van der Waals surface area contributed by atoms with Crippen molar-refractivity contribution in [2.45, 2.75) is 22.7 Å². The van der Waals surface area contributed by atoms with E-state index >= 15 is 0 Å². The van der Waals surface area contributed by atoms with E-state index in [1.807, 2.05) is 5.38 Å². The Bertz CT molecular complexity index is 1380. The van der Waals surface area contributed by atoms with Gasteiger partial charge in [-0.25, -0.2) is 9.18 Å². The van der Waals surface area contributed by atoms with Crippen LogP contribution in [0.3, 0.4) is 0 Å². The first-order chi connectivity index (χ1) is 16.3. The fourth-order valence-electron chi connectivity index (χ4n) is 4.12. The Hall–Kier alpha value is -3.29. The molecule has 9 nitrogen and oxygen atoms in total. The van der Waals surface area contributed by atoms with Crippen LogP contribution < -0.4 is 15.9 Å². The SMILES string of the molecule is NC(=O)N1C(=O)C2Sc3c(sc(=O)n3CC(=O)Nc3ccc(F)cc3)C(c3cccs3)C2C1=O. The third kappa shape index (κ3) is 3.65. The van der Waals surface area contributed by atoms with Crippen molar-refractivity contribution in [2.24, 2.45) is 11.7 Å². The van der Waals surface area contributed by atoms with Gasteiger partial charge in [-0.15, -0.1) is 11.3 Å². The minimum Gasteiger partial charge on any atom is -0.351 e. The van der Waals surface area contributed by atoms with Gasteiger partial charge >= 0.3 is 10.9 Å². The summed E-state index contributed by atoms with van der Waals surface area (Å²) in [6.45, 7) is -0.342. The van der Waals surface area contributed by atoms with Crippen LogP contribution in [-0.2, 0) is 20.9 Å². The second-order valence-corrected chi connectivity index (χ2v) is 10.7. The molecule has 1 saturated heterocycles. The van der Waals surface area contributed by atoms with Crippen molar-refractivity contribution < 1.29 is 23.6 Å². The van der Waals surface area contributed by atoms with Gasteiger partial charge in [-0.1, -0.05) is 29.2 Å². The average Bonchev–Trinajstić information content (AvgIpc) is 3.48. The first kappa shape index (κ1) is 22.5. The lowest BCUT2D eigenvalue weighted by Gasteiger charge is -2.29. The Labute approximate surface area is 203 Å². The van der Waals surface area contributed by atoms with E-state index in [-0.39, 0.29) is 6.54 Å². The van der Waals surface area contributed by atoms with Crippen molar-refractivity contribution >= 4 is 63.9 Å².